The zero-order valence-electron chi connectivity index (χ0n) is 14.3. The molecule has 0 radical (unpaired) electrons. The minimum absolute atomic E-state index is 0.167. The van der Waals surface area contributed by atoms with Gasteiger partial charge in [0.15, 0.2) is 5.76 Å². The Morgan fingerprint density at radius 3 is 2.75 bits per heavy atom. The highest BCUT2D eigenvalue weighted by Gasteiger charge is 2.15. The number of hydrogen-bond donors (Lipinski definition) is 2. The lowest BCUT2D eigenvalue weighted by Gasteiger charge is -2.15. The molecule has 0 aliphatic carbocycles. The van der Waals surface area contributed by atoms with Gasteiger partial charge in [0, 0.05) is 13.1 Å². The maximum absolute atomic E-state index is 12.1. The summed E-state index contributed by atoms with van der Waals surface area (Å²) in [5, 5.41) is 17.4. The Morgan fingerprint density at radius 1 is 1.46 bits per heavy atom. The van der Waals surface area contributed by atoms with E-state index in [1.165, 1.54) is 0 Å². The quantitative estimate of drug-likeness (QED) is 0.786. The molecule has 0 spiro atoms. The molecule has 8 heteroatoms. The Kier molecular flexibility index (Phi) is 6.04. The van der Waals surface area contributed by atoms with Crippen LogP contribution in [-0.4, -0.2) is 59.0 Å². The number of furan rings is 1. The van der Waals surface area contributed by atoms with E-state index >= 15 is 0 Å². The lowest BCUT2D eigenvalue weighted by atomic mass is 10.3. The van der Waals surface area contributed by atoms with E-state index in [9.17, 15) is 9.90 Å². The van der Waals surface area contributed by atoms with Crippen LogP contribution in [0.15, 0.2) is 16.5 Å². The minimum atomic E-state index is -0.629. The Bertz CT molecular complexity index is 708. The molecule has 2 N–H and O–H groups in total. The molecule has 0 aliphatic rings. The molecular formula is C16H23ClN4O3. The summed E-state index contributed by atoms with van der Waals surface area (Å²) in [6, 6.07) is 3.34. The molecule has 0 aromatic carbocycles. The minimum Gasteiger partial charge on any atom is -0.454 e. The second kappa shape index (κ2) is 7.83. The highest BCUT2D eigenvalue weighted by atomic mass is 35.5. The molecule has 132 valence electrons. The van der Waals surface area contributed by atoms with Crippen molar-refractivity contribution in [2.24, 2.45) is 0 Å². The number of likely N-dealkylation sites (N-methyl/N-ethyl adjacent to an activating group) is 1. The van der Waals surface area contributed by atoms with E-state index in [0.717, 1.165) is 11.4 Å². The fourth-order valence-corrected chi connectivity index (χ4v) is 2.48. The summed E-state index contributed by atoms with van der Waals surface area (Å²) >= 11 is 6.12. The second-order valence-corrected chi connectivity index (χ2v) is 6.41. The molecule has 2 rings (SSSR count). The molecule has 24 heavy (non-hydrogen) atoms. The van der Waals surface area contributed by atoms with Gasteiger partial charge in [0.2, 0.25) is 0 Å². The molecule has 2 aromatic rings. The number of nitrogens with zero attached hydrogens (tertiary/aromatic N) is 3. The number of nitrogens with one attached hydrogen (secondary N) is 1. The third kappa shape index (κ3) is 4.59. The number of hydrogen-bond acceptors (Lipinski definition) is 5. The van der Waals surface area contributed by atoms with Gasteiger partial charge in [0.1, 0.15) is 5.76 Å². The maximum atomic E-state index is 12.1. The second-order valence-electron chi connectivity index (χ2n) is 6.03. The number of amides is 1. The molecule has 2 aromatic heterocycles. The first-order valence-electron chi connectivity index (χ1n) is 7.67. The number of carbonyl (C=O) groups excluding carboxylic acids is 1. The molecule has 0 saturated carbocycles. The van der Waals surface area contributed by atoms with Crippen molar-refractivity contribution in [2.75, 3.05) is 27.2 Å². The lowest BCUT2D eigenvalue weighted by Crippen LogP contribution is -2.37. The SMILES string of the molecule is Cc1nn(Cc2ccc(C(=O)NCC(O)CN(C)C)o2)c(C)c1Cl. The van der Waals surface area contributed by atoms with Crippen LogP contribution in [0, 0.1) is 13.8 Å². The molecule has 2 heterocycles. The first kappa shape index (κ1) is 18.5. The van der Waals surface area contributed by atoms with Gasteiger partial charge in [0.05, 0.1) is 29.1 Å². The summed E-state index contributed by atoms with van der Waals surface area (Å²) in [6.45, 7) is 4.76. The number of halogens is 1. The summed E-state index contributed by atoms with van der Waals surface area (Å²) in [5.41, 5.74) is 1.61. The van der Waals surface area contributed by atoms with Gasteiger partial charge >= 0.3 is 0 Å². The van der Waals surface area contributed by atoms with Crippen LogP contribution in [0.25, 0.3) is 0 Å². The fourth-order valence-electron chi connectivity index (χ4n) is 2.35. The zero-order chi connectivity index (χ0) is 17.9. The number of aliphatic hydroxyl groups excluding tert-OH is 1. The van der Waals surface area contributed by atoms with Crippen LogP contribution in [-0.2, 0) is 6.54 Å². The predicted octanol–water partition coefficient (Wildman–Crippen LogP) is 1.45. The van der Waals surface area contributed by atoms with Crippen molar-refractivity contribution in [3.8, 4) is 0 Å². The van der Waals surface area contributed by atoms with Gasteiger partial charge in [-0.3, -0.25) is 9.48 Å². The number of aliphatic hydroxyl groups is 1. The Labute approximate surface area is 146 Å². The lowest BCUT2D eigenvalue weighted by molar-refractivity contribution is 0.0864. The molecule has 0 aliphatic heterocycles. The van der Waals surface area contributed by atoms with Crippen LogP contribution in [0.4, 0.5) is 0 Å². The third-order valence-electron chi connectivity index (χ3n) is 3.56. The summed E-state index contributed by atoms with van der Waals surface area (Å²) < 4.78 is 7.29. The Balaban J connectivity index is 1.95. The molecular weight excluding hydrogens is 332 g/mol. The van der Waals surface area contributed by atoms with Crippen molar-refractivity contribution < 1.29 is 14.3 Å². The fraction of sp³-hybridized carbons (Fsp3) is 0.500. The Morgan fingerprint density at radius 2 is 2.17 bits per heavy atom. The van der Waals surface area contributed by atoms with Crippen molar-refractivity contribution in [3.63, 3.8) is 0 Å². The van der Waals surface area contributed by atoms with Crippen molar-refractivity contribution in [1.29, 1.82) is 0 Å². The van der Waals surface area contributed by atoms with Crippen LogP contribution in [0.2, 0.25) is 5.02 Å². The normalized spacial score (nSPS) is 12.6. The van der Waals surface area contributed by atoms with Crippen LogP contribution in [0.1, 0.15) is 27.7 Å². The number of aromatic nitrogens is 2. The van der Waals surface area contributed by atoms with Crippen molar-refractivity contribution >= 4 is 17.5 Å². The van der Waals surface area contributed by atoms with Crippen LogP contribution in [0.5, 0.6) is 0 Å². The topological polar surface area (TPSA) is 83.5 Å². The van der Waals surface area contributed by atoms with Crippen molar-refractivity contribution in [2.45, 2.75) is 26.5 Å². The van der Waals surface area contributed by atoms with Crippen LogP contribution in [0.3, 0.4) is 0 Å². The first-order valence-corrected chi connectivity index (χ1v) is 8.05. The number of carbonyl (C=O) groups is 1. The van der Waals surface area contributed by atoms with Crippen molar-refractivity contribution in [1.82, 2.24) is 20.0 Å². The highest BCUT2D eigenvalue weighted by molar-refractivity contribution is 6.31. The van der Waals surface area contributed by atoms with Crippen molar-refractivity contribution in [3.05, 3.63) is 40.1 Å². The van der Waals surface area contributed by atoms with E-state index in [-0.39, 0.29) is 18.2 Å². The van der Waals surface area contributed by atoms with Gasteiger partial charge in [-0.25, -0.2) is 0 Å². The molecule has 1 unspecified atom stereocenters. The molecule has 0 bridgehead atoms. The Hall–Kier alpha value is -1.83. The maximum Gasteiger partial charge on any atom is 0.287 e. The molecule has 0 saturated heterocycles. The van der Waals surface area contributed by atoms with Gasteiger partial charge in [-0.05, 0) is 40.1 Å². The van der Waals surface area contributed by atoms with E-state index in [4.69, 9.17) is 16.0 Å². The summed E-state index contributed by atoms with van der Waals surface area (Å²) in [4.78, 5) is 13.9. The molecule has 0 fully saturated rings. The van der Waals surface area contributed by atoms with Gasteiger partial charge < -0.3 is 19.7 Å². The first-order chi connectivity index (χ1) is 11.3. The number of rotatable bonds is 7. The predicted molar refractivity (Wildman–Crippen MR) is 91.4 cm³/mol. The van der Waals surface area contributed by atoms with E-state index in [1.54, 1.807) is 16.8 Å². The summed E-state index contributed by atoms with van der Waals surface area (Å²) in [7, 11) is 3.71. The monoisotopic (exact) mass is 354 g/mol. The molecule has 1 amide bonds. The van der Waals surface area contributed by atoms with Gasteiger partial charge in [-0.15, -0.1) is 0 Å². The zero-order valence-corrected chi connectivity index (χ0v) is 15.1. The summed E-state index contributed by atoms with van der Waals surface area (Å²) in [5.74, 6) is 0.455. The van der Waals surface area contributed by atoms with E-state index < -0.39 is 6.10 Å². The average Bonchev–Trinajstić information content (AvgIpc) is 3.06. The van der Waals surface area contributed by atoms with Gasteiger partial charge in [0.25, 0.3) is 5.91 Å². The third-order valence-corrected chi connectivity index (χ3v) is 4.11. The summed E-state index contributed by atoms with van der Waals surface area (Å²) in [6.07, 6.45) is -0.629. The number of aryl methyl sites for hydroxylation is 1. The smallest absolute Gasteiger partial charge is 0.287 e. The molecule has 7 nitrogen and oxygen atoms in total. The average molecular weight is 355 g/mol. The van der Waals surface area contributed by atoms with E-state index in [2.05, 4.69) is 10.4 Å². The van der Waals surface area contributed by atoms with Crippen LogP contribution >= 0.6 is 11.6 Å². The largest absolute Gasteiger partial charge is 0.454 e. The molecule has 1 atom stereocenters. The van der Waals surface area contributed by atoms with Gasteiger partial charge in [-0.1, -0.05) is 11.6 Å². The standard InChI is InChI=1S/C16H23ClN4O3/c1-10-15(17)11(2)21(19-10)9-13-5-6-14(24-13)16(23)18-7-12(22)8-20(3)4/h5-6,12,22H,7-9H2,1-4H3,(H,18,23). The van der Waals surface area contributed by atoms with E-state index in [1.807, 2.05) is 32.8 Å². The van der Waals surface area contributed by atoms with Crippen LogP contribution < -0.4 is 5.32 Å². The highest BCUT2D eigenvalue weighted by Crippen LogP contribution is 2.20. The van der Waals surface area contributed by atoms with E-state index in [0.29, 0.717) is 23.9 Å². The van der Waals surface area contributed by atoms with Gasteiger partial charge in [-0.2, -0.15) is 5.10 Å².